The highest BCUT2D eigenvalue weighted by molar-refractivity contribution is 5.47. The van der Waals surface area contributed by atoms with Crippen LogP contribution in [0.4, 0.5) is 5.69 Å². The lowest BCUT2D eigenvalue weighted by atomic mass is 10.2. The fourth-order valence-corrected chi connectivity index (χ4v) is 1.99. The van der Waals surface area contributed by atoms with Gasteiger partial charge in [-0.15, -0.1) is 0 Å². The van der Waals surface area contributed by atoms with Gasteiger partial charge in [0.15, 0.2) is 0 Å². The zero-order valence-electron chi connectivity index (χ0n) is 11.2. The van der Waals surface area contributed by atoms with Gasteiger partial charge in [0.2, 0.25) is 0 Å². The van der Waals surface area contributed by atoms with Crippen molar-refractivity contribution in [3.05, 3.63) is 53.0 Å². The van der Waals surface area contributed by atoms with Gasteiger partial charge in [-0.05, 0) is 32.0 Å². The lowest BCUT2D eigenvalue weighted by Crippen LogP contribution is -2.15. The van der Waals surface area contributed by atoms with Crippen molar-refractivity contribution in [2.45, 2.75) is 26.9 Å². The van der Waals surface area contributed by atoms with Crippen molar-refractivity contribution < 1.29 is 4.42 Å². The van der Waals surface area contributed by atoms with Crippen LogP contribution in [0.1, 0.15) is 22.6 Å². The summed E-state index contributed by atoms with van der Waals surface area (Å²) in [4.78, 5) is 2.16. The minimum absolute atomic E-state index is 0.531. The third-order valence-electron chi connectivity index (χ3n) is 3.16. The van der Waals surface area contributed by atoms with Crippen molar-refractivity contribution >= 4 is 5.69 Å². The average molecular weight is 244 g/mol. The van der Waals surface area contributed by atoms with Crippen molar-refractivity contribution in [2.75, 3.05) is 11.9 Å². The maximum Gasteiger partial charge on any atom is 0.123 e. The molecule has 0 bridgehead atoms. The third-order valence-corrected chi connectivity index (χ3v) is 3.16. The Morgan fingerprint density at radius 2 is 1.83 bits per heavy atom. The molecule has 1 aromatic carbocycles. The number of anilines is 1. The Balaban J connectivity index is 2.10. The second-order valence-electron chi connectivity index (χ2n) is 4.69. The van der Waals surface area contributed by atoms with E-state index in [1.807, 2.05) is 13.0 Å². The zero-order valence-corrected chi connectivity index (χ0v) is 11.2. The van der Waals surface area contributed by atoms with Crippen LogP contribution in [0.25, 0.3) is 0 Å². The van der Waals surface area contributed by atoms with Gasteiger partial charge in [-0.3, -0.25) is 0 Å². The fraction of sp³-hybridized carbons (Fsp3) is 0.333. The van der Waals surface area contributed by atoms with Gasteiger partial charge < -0.3 is 15.1 Å². The molecule has 1 heterocycles. The van der Waals surface area contributed by atoms with Crippen LogP contribution in [0.2, 0.25) is 0 Å². The van der Waals surface area contributed by atoms with Crippen molar-refractivity contribution in [2.24, 2.45) is 5.73 Å². The van der Waals surface area contributed by atoms with E-state index in [2.05, 4.69) is 43.1 Å². The van der Waals surface area contributed by atoms with Crippen molar-refractivity contribution in [3.63, 3.8) is 0 Å². The van der Waals surface area contributed by atoms with Gasteiger partial charge in [-0.25, -0.2) is 0 Å². The molecule has 0 fully saturated rings. The molecular weight excluding hydrogens is 224 g/mol. The number of hydrogen-bond acceptors (Lipinski definition) is 3. The highest BCUT2D eigenvalue weighted by atomic mass is 16.3. The SMILES string of the molecule is Cc1ccc(N(C)Cc2cc(CN)c(C)o2)cc1. The summed E-state index contributed by atoms with van der Waals surface area (Å²) in [5, 5.41) is 0. The van der Waals surface area contributed by atoms with Gasteiger partial charge in [-0.2, -0.15) is 0 Å². The lowest BCUT2D eigenvalue weighted by molar-refractivity contribution is 0.479. The van der Waals surface area contributed by atoms with Crippen LogP contribution < -0.4 is 10.6 Å². The quantitative estimate of drug-likeness (QED) is 0.899. The highest BCUT2D eigenvalue weighted by Crippen LogP contribution is 2.19. The van der Waals surface area contributed by atoms with Gasteiger partial charge in [-0.1, -0.05) is 17.7 Å². The van der Waals surface area contributed by atoms with Crippen molar-refractivity contribution in [1.29, 1.82) is 0 Å². The summed E-state index contributed by atoms with van der Waals surface area (Å²) in [7, 11) is 2.06. The molecule has 0 atom stereocenters. The molecule has 18 heavy (non-hydrogen) atoms. The van der Waals surface area contributed by atoms with Crippen LogP contribution in [0.3, 0.4) is 0 Å². The van der Waals surface area contributed by atoms with Gasteiger partial charge in [0, 0.05) is 24.8 Å². The monoisotopic (exact) mass is 244 g/mol. The summed E-state index contributed by atoms with van der Waals surface area (Å²) >= 11 is 0. The molecule has 0 radical (unpaired) electrons. The van der Waals surface area contributed by atoms with Crippen LogP contribution in [0.15, 0.2) is 34.7 Å². The van der Waals surface area contributed by atoms with Crippen LogP contribution in [-0.2, 0) is 13.1 Å². The number of nitrogens with two attached hydrogens (primary N) is 1. The maximum absolute atomic E-state index is 5.70. The molecule has 2 rings (SSSR count). The molecule has 2 N–H and O–H groups in total. The number of rotatable bonds is 4. The molecule has 96 valence electrons. The third kappa shape index (κ3) is 2.74. The summed E-state index contributed by atoms with van der Waals surface area (Å²) in [6.07, 6.45) is 0. The second-order valence-corrected chi connectivity index (χ2v) is 4.69. The van der Waals surface area contributed by atoms with E-state index < -0.39 is 0 Å². The molecule has 1 aromatic heterocycles. The maximum atomic E-state index is 5.70. The van der Waals surface area contributed by atoms with Crippen molar-refractivity contribution in [1.82, 2.24) is 0 Å². The Hall–Kier alpha value is -1.74. The van der Waals surface area contributed by atoms with Gasteiger partial charge in [0.05, 0.1) is 6.54 Å². The summed E-state index contributed by atoms with van der Waals surface area (Å²) in [6.45, 7) is 5.33. The Bertz CT molecular complexity index is 514. The molecule has 0 spiro atoms. The first-order valence-electron chi connectivity index (χ1n) is 6.16. The number of nitrogens with zero attached hydrogens (tertiary/aromatic N) is 1. The smallest absolute Gasteiger partial charge is 0.123 e. The van der Waals surface area contributed by atoms with E-state index in [1.54, 1.807) is 0 Å². The number of hydrogen-bond donors (Lipinski definition) is 1. The molecule has 2 aromatic rings. The molecule has 0 unspecified atom stereocenters. The normalized spacial score (nSPS) is 10.7. The summed E-state index contributed by atoms with van der Waals surface area (Å²) < 4.78 is 5.70. The molecule has 3 nitrogen and oxygen atoms in total. The Morgan fingerprint density at radius 3 is 2.39 bits per heavy atom. The first-order chi connectivity index (χ1) is 8.60. The van der Waals surface area contributed by atoms with Crippen LogP contribution in [-0.4, -0.2) is 7.05 Å². The van der Waals surface area contributed by atoms with E-state index in [0.717, 1.165) is 23.6 Å². The Morgan fingerprint density at radius 1 is 1.17 bits per heavy atom. The van der Waals surface area contributed by atoms with E-state index in [0.29, 0.717) is 6.54 Å². The Labute approximate surface area is 108 Å². The molecular formula is C15H20N2O. The van der Waals surface area contributed by atoms with E-state index in [1.165, 1.54) is 11.3 Å². The average Bonchev–Trinajstić information content (AvgIpc) is 2.70. The largest absolute Gasteiger partial charge is 0.464 e. The summed E-state index contributed by atoms with van der Waals surface area (Å²) in [5.74, 6) is 1.88. The standard InChI is InChI=1S/C15H20N2O/c1-11-4-6-14(7-5-11)17(3)10-15-8-13(9-16)12(2)18-15/h4-8H,9-10,16H2,1-3H3. The molecule has 0 amide bonds. The fourth-order valence-electron chi connectivity index (χ4n) is 1.99. The predicted octanol–water partition coefficient (Wildman–Crippen LogP) is 2.99. The number of benzene rings is 1. The Kier molecular flexibility index (Phi) is 3.72. The van der Waals surface area contributed by atoms with E-state index in [-0.39, 0.29) is 0 Å². The first-order valence-corrected chi connectivity index (χ1v) is 6.16. The number of furan rings is 1. The second kappa shape index (κ2) is 5.27. The highest BCUT2D eigenvalue weighted by Gasteiger charge is 2.08. The number of aryl methyl sites for hydroxylation is 2. The van der Waals surface area contributed by atoms with Crippen LogP contribution in [0, 0.1) is 13.8 Å². The molecule has 0 aliphatic rings. The van der Waals surface area contributed by atoms with Gasteiger partial charge in [0.1, 0.15) is 11.5 Å². The zero-order chi connectivity index (χ0) is 13.1. The van der Waals surface area contributed by atoms with Gasteiger partial charge >= 0.3 is 0 Å². The summed E-state index contributed by atoms with van der Waals surface area (Å²) in [6, 6.07) is 10.5. The summed E-state index contributed by atoms with van der Waals surface area (Å²) in [5.41, 5.74) is 9.19. The molecule has 3 heteroatoms. The van der Waals surface area contributed by atoms with Crippen LogP contribution >= 0.6 is 0 Å². The first kappa shape index (κ1) is 12.7. The molecule has 0 aliphatic carbocycles. The molecule has 0 saturated heterocycles. The van der Waals surface area contributed by atoms with Crippen molar-refractivity contribution in [3.8, 4) is 0 Å². The van der Waals surface area contributed by atoms with E-state index in [4.69, 9.17) is 10.2 Å². The van der Waals surface area contributed by atoms with E-state index >= 15 is 0 Å². The predicted molar refractivity (Wildman–Crippen MR) is 74.6 cm³/mol. The lowest BCUT2D eigenvalue weighted by Gasteiger charge is -2.17. The topological polar surface area (TPSA) is 42.4 Å². The molecule has 0 aliphatic heterocycles. The molecule has 0 saturated carbocycles. The minimum Gasteiger partial charge on any atom is -0.464 e. The minimum atomic E-state index is 0.531. The van der Waals surface area contributed by atoms with E-state index in [9.17, 15) is 0 Å². The van der Waals surface area contributed by atoms with Crippen LogP contribution in [0.5, 0.6) is 0 Å². The van der Waals surface area contributed by atoms with Gasteiger partial charge in [0.25, 0.3) is 0 Å².